The molecule has 29 heavy (non-hydrogen) atoms. The number of benzene rings is 1. The first-order valence-electron chi connectivity index (χ1n) is 10.0. The zero-order chi connectivity index (χ0) is 21.8. The molecule has 0 unspecified atom stereocenters. The van der Waals surface area contributed by atoms with Crippen LogP contribution in [0.4, 0.5) is 0 Å². The molecule has 0 aliphatic rings. The Balaban J connectivity index is 2.53. The number of guanidine groups is 1. The number of carbonyl (C=O) groups excluding carboxylic acids is 2. The van der Waals surface area contributed by atoms with Crippen LogP contribution < -0.4 is 21.7 Å². The number of hydrogen-bond donors (Lipinski definition) is 5. The first-order chi connectivity index (χ1) is 13.7. The highest BCUT2D eigenvalue weighted by Gasteiger charge is 2.25. The van der Waals surface area contributed by atoms with Crippen molar-refractivity contribution in [2.24, 2.45) is 11.7 Å². The highest BCUT2D eigenvalue weighted by Crippen LogP contribution is 2.10. The minimum Gasteiger partial charge on any atom is -0.459 e. The standard InChI is InChI=1S/C21H35N5O3/c1-14(2)12-18(20(28)29-13-16-9-7-15(3)8-10-16)26-19(27)17(22)6-5-11-25-21(23)24-4/h7-10,14,17-18H,5-6,11-13,22H2,1-4H3,(H,26,27)(H3,23,24,25)/t17-,18+/m1/s1. The van der Waals surface area contributed by atoms with E-state index < -0.39 is 18.1 Å². The van der Waals surface area contributed by atoms with Gasteiger partial charge in [0.2, 0.25) is 5.91 Å². The van der Waals surface area contributed by atoms with Gasteiger partial charge in [0.25, 0.3) is 0 Å². The topological polar surface area (TPSA) is 129 Å². The third-order valence-corrected chi connectivity index (χ3v) is 4.39. The number of aryl methyl sites for hydroxylation is 1. The number of ether oxygens (including phenoxy) is 1. The van der Waals surface area contributed by atoms with Gasteiger partial charge in [-0.1, -0.05) is 43.7 Å². The lowest BCUT2D eigenvalue weighted by molar-refractivity contribution is -0.149. The van der Waals surface area contributed by atoms with Crippen molar-refractivity contribution in [3.05, 3.63) is 35.4 Å². The van der Waals surface area contributed by atoms with Gasteiger partial charge in [-0.2, -0.15) is 0 Å². The van der Waals surface area contributed by atoms with Crippen LogP contribution in [0.5, 0.6) is 0 Å². The second kappa shape index (κ2) is 12.8. The Hall–Kier alpha value is -2.61. The Bertz CT molecular complexity index is 661. The molecule has 8 nitrogen and oxygen atoms in total. The number of amides is 1. The largest absolute Gasteiger partial charge is 0.459 e. The fourth-order valence-corrected chi connectivity index (χ4v) is 2.66. The quantitative estimate of drug-likeness (QED) is 0.164. The summed E-state index contributed by atoms with van der Waals surface area (Å²) in [5, 5.41) is 15.7. The molecule has 0 aliphatic carbocycles. The van der Waals surface area contributed by atoms with E-state index in [0.29, 0.717) is 25.8 Å². The van der Waals surface area contributed by atoms with Crippen LogP contribution in [0.1, 0.15) is 44.2 Å². The van der Waals surface area contributed by atoms with Gasteiger partial charge in [0.1, 0.15) is 12.6 Å². The van der Waals surface area contributed by atoms with E-state index in [0.717, 1.165) is 11.1 Å². The van der Waals surface area contributed by atoms with Gasteiger partial charge in [-0.05, 0) is 37.7 Å². The summed E-state index contributed by atoms with van der Waals surface area (Å²) in [6.45, 7) is 6.66. The molecule has 0 spiro atoms. The molecule has 0 aliphatic heterocycles. The van der Waals surface area contributed by atoms with Gasteiger partial charge in [0.15, 0.2) is 5.96 Å². The minimum atomic E-state index is -0.727. The Morgan fingerprint density at radius 3 is 2.45 bits per heavy atom. The average molecular weight is 406 g/mol. The van der Waals surface area contributed by atoms with Crippen LogP contribution in [0.15, 0.2) is 24.3 Å². The van der Waals surface area contributed by atoms with Crippen molar-refractivity contribution in [3.8, 4) is 0 Å². The smallest absolute Gasteiger partial charge is 0.328 e. The van der Waals surface area contributed by atoms with Crippen molar-refractivity contribution in [2.75, 3.05) is 13.6 Å². The summed E-state index contributed by atoms with van der Waals surface area (Å²) >= 11 is 0. The Kier molecular flexibility index (Phi) is 10.8. The van der Waals surface area contributed by atoms with E-state index in [1.165, 1.54) is 0 Å². The zero-order valence-corrected chi connectivity index (χ0v) is 17.9. The van der Waals surface area contributed by atoms with Crippen molar-refractivity contribution in [1.82, 2.24) is 16.0 Å². The predicted molar refractivity (Wildman–Crippen MR) is 114 cm³/mol. The lowest BCUT2D eigenvalue weighted by Gasteiger charge is -2.21. The highest BCUT2D eigenvalue weighted by atomic mass is 16.5. The van der Waals surface area contributed by atoms with Crippen LogP contribution >= 0.6 is 0 Å². The molecular formula is C21H35N5O3. The lowest BCUT2D eigenvalue weighted by atomic mass is 10.0. The summed E-state index contributed by atoms with van der Waals surface area (Å²) in [5.41, 5.74) is 8.00. The molecule has 1 aromatic rings. The molecule has 1 amide bonds. The maximum Gasteiger partial charge on any atom is 0.328 e. The van der Waals surface area contributed by atoms with Gasteiger partial charge in [-0.3, -0.25) is 10.2 Å². The van der Waals surface area contributed by atoms with E-state index in [9.17, 15) is 9.59 Å². The molecule has 0 fully saturated rings. The molecule has 0 aromatic heterocycles. The van der Waals surface area contributed by atoms with E-state index in [2.05, 4.69) is 16.0 Å². The summed E-state index contributed by atoms with van der Waals surface area (Å²) in [6.07, 6.45) is 1.56. The van der Waals surface area contributed by atoms with E-state index >= 15 is 0 Å². The Labute approximate surface area is 173 Å². The van der Waals surface area contributed by atoms with Crippen molar-refractivity contribution >= 4 is 17.8 Å². The molecule has 6 N–H and O–H groups in total. The van der Waals surface area contributed by atoms with E-state index in [1.54, 1.807) is 7.05 Å². The SMILES string of the molecule is CNC(=N)NCCC[C@@H](N)C(=O)N[C@@H](CC(C)C)C(=O)OCc1ccc(C)cc1. The van der Waals surface area contributed by atoms with Gasteiger partial charge in [0, 0.05) is 13.6 Å². The summed E-state index contributed by atoms with van der Waals surface area (Å²) in [5.74, 6) is -0.396. The van der Waals surface area contributed by atoms with Gasteiger partial charge in [-0.25, -0.2) is 4.79 Å². The fourth-order valence-electron chi connectivity index (χ4n) is 2.66. The molecule has 0 heterocycles. The fraction of sp³-hybridized carbons (Fsp3) is 0.571. The van der Waals surface area contributed by atoms with E-state index in [4.69, 9.17) is 15.9 Å². The molecule has 1 rings (SSSR count). The minimum absolute atomic E-state index is 0.165. The van der Waals surface area contributed by atoms with E-state index in [-0.39, 0.29) is 24.4 Å². The van der Waals surface area contributed by atoms with Crippen LogP contribution in [0.25, 0.3) is 0 Å². The first-order valence-corrected chi connectivity index (χ1v) is 10.0. The van der Waals surface area contributed by atoms with Gasteiger partial charge < -0.3 is 26.4 Å². The second-order valence-electron chi connectivity index (χ2n) is 7.58. The number of esters is 1. The van der Waals surface area contributed by atoms with Gasteiger partial charge in [-0.15, -0.1) is 0 Å². The molecule has 0 saturated heterocycles. The molecule has 0 radical (unpaired) electrons. The van der Waals surface area contributed by atoms with Crippen molar-refractivity contribution in [3.63, 3.8) is 0 Å². The van der Waals surface area contributed by atoms with Crippen LogP contribution in [0, 0.1) is 18.3 Å². The molecule has 1 aromatic carbocycles. The molecular weight excluding hydrogens is 370 g/mol. The Morgan fingerprint density at radius 2 is 1.86 bits per heavy atom. The van der Waals surface area contributed by atoms with Crippen molar-refractivity contribution in [1.29, 1.82) is 5.41 Å². The molecule has 2 atom stereocenters. The second-order valence-corrected chi connectivity index (χ2v) is 7.58. The predicted octanol–water partition coefficient (Wildman–Crippen LogP) is 1.42. The zero-order valence-electron chi connectivity index (χ0n) is 17.9. The third-order valence-electron chi connectivity index (χ3n) is 4.39. The molecule has 0 bridgehead atoms. The number of rotatable bonds is 11. The normalized spacial score (nSPS) is 12.8. The summed E-state index contributed by atoms with van der Waals surface area (Å²) < 4.78 is 5.41. The maximum atomic E-state index is 12.5. The first kappa shape index (κ1) is 24.4. The van der Waals surface area contributed by atoms with Crippen LogP contribution in [0.3, 0.4) is 0 Å². The van der Waals surface area contributed by atoms with Crippen molar-refractivity contribution in [2.45, 2.75) is 58.7 Å². The average Bonchev–Trinajstić information content (AvgIpc) is 2.69. The number of carbonyl (C=O) groups is 2. The number of nitrogens with one attached hydrogen (secondary N) is 4. The lowest BCUT2D eigenvalue weighted by Crippen LogP contribution is -2.49. The number of hydrogen-bond acceptors (Lipinski definition) is 5. The summed E-state index contributed by atoms with van der Waals surface area (Å²) in [6, 6.07) is 6.30. The third kappa shape index (κ3) is 9.94. The van der Waals surface area contributed by atoms with Gasteiger partial charge >= 0.3 is 5.97 Å². The molecule has 8 heteroatoms. The monoisotopic (exact) mass is 405 g/mol. The highest BCUT2D eigenvalue weighted by molar-refractivity contribution is 5.87. The van der Waals surface area contributed by atoms with Crippen LogP contribution in [-0.2, 0) is 20.9 Å². The van der Waals surface area contributed by atoms with Crippen molar-refractivity contribution < 1.29 is 14.3 Å². The van der Waals surface area contributed by atoms with Crippen LogP contribution in [-0.4, -0.2) is 43.5 Å². The summed E-state index contributed by atoms with van der Waals surface area (Å²) in [7, 11) is 1.65. The maximum absolute atomic E-state index is 12.5. The van der Waals surface area contributed by atoms with Gasteiger partial charge in [0.05, 0.1) is 6.04 Å². The Morgan fingerprint density at radius 1 is 1.21 bits per heavy atom. The summed E-state index contributed by atoms with van der Waals surface area (Å²) in [4.78, 5) is 24.9. The number of nitrogens with two attached hydrogens (primary N) is 1. The van der Waals surface area contributed by atoms with Crippen LogP contribution in [0.2, 0.25) is 0 Å². The van der Waals surface area contributed by atoms with E-state index in [1.807, 2.05) is 45.0 Å². The molecule has 0 saturated carbocycles. The molecule has 162 valence electrons.